The van der Waals surface area contributed by atoms with Crippen LogP contribution in [0.4, 0.5) is 5.82 Å². The molecule has 1 spiro atoms. The average Bonchev–Trinajstić information content (AvgIpc) is 3.27. The lowest BCUT2D eigenvalue weighted by Gasteiger charge is -2.49. The van der Waals surface area contributed by atoms with Gasteiger partial charge < -0.3 is 14.7 Å². The van der Waals surface area contributed by atoms with E-state index in [1.54, 1.807) is 24.3 Å². The fraction of sp³-hybridized carbons (Fsp3) is 0.684. The van der Waals surface area contributed by atoms with Crippen LogP contribution in [0.3, 0.4) is 0 Å². The third-order valence-electron chi connectivity index (χ3n) is 6.51. The first-order valence-electron chi connectivity index (χ1n) is 9.54. The van der Waals surface area contributed by atoms with E-state index in [-0.39, 0.29) is 23.3 Å². The molecule has 26 heavy (non-hydrogen) atoms. The van der Waals surface area contributed by atoms with E-state index in [2.05, 4.69) is 21.9 Å². The molecular formula is C19H27N5O2. The fourth-order valence-corrected chi connectivity index (χ4v) is 4.96. The van der Waals surface area contributed by atoms with E-state index in [1.807, 2.05) is 11.0 Å². The quantitative estimate of drug-likeness (QED) is 0.816. The maximum absolute atomic E-state index is 12.9. The second-order valence-corrected chi connectivity index (χ2v) is 8.12. The summed E-state index contributed by atoms with van der Waals surface area (Å²) in [6.07, 6.45) is 8.35. The van der Waals surface area contributed by atoms with Gasteiger partial charge in [-0.25, -0.2) is 9.97 Å². The molecule has 3 heterocycles. The molecule has 0 aromatic carbocycles. The van der Waals surface area contributed by atoms with Crippen LogP contribution >= 0.6 is 0 Å². The number of amides is 2. The van der Waals surface area contributed by atoms with Crippen molar-refractivity contribution in [1.82, 2.24) is 19.8 Å². The molecule has 3 aliphatic rings. The van der Waals surface area contributed by atoms with Crippen molar-refractivity contribution in [2.45, 2.75) is 51.1 Å². The standard InChI is InChI=1S/C19H27N5O2/c1-14(25)24-8-3-4-16(24)18(26)23-9-6-19(12-23)10-15(11-19)22(2)17-5-7-20-13-21-17/h5,7,13,15-16H,3-4,6,8-12H2,1-2H3/t15?,16-,19?/m1/s1. The average molecular weight is 357 g/mol. The molecule has 4 rings (SSSR count). The van der Waals surface area contributed by atoms with Crippen LogP contribution < -0.4 is 4.90 Å². The lowest BCUT2D eigenvalue weighted by atomic mass is 9.64. The first-order chi connectivity index (χ1) is 12.5. The van der Waals surface area contributed by atoms with Crippen molar-refractivity contribution in [2.75, 3.05) is 31.6 Å². The van der Waals surface area contributed by atoms with E-state index < -0.39 is 0 Å². The Bertz CT molecular complexity index is 688. The number of anilines is 1. The Hall–Kier alpha value is -2.18. The lowest BCUT2D eigenvalue weighted by Crippen LogP contribution is -2.52. The summed E-state index contributed by atoms with van der Waals surface area (Å²) in [5.74, 6) is 1.13. The van der Waals surface area contributed by atoms with Crippen LogP contribution in [-0.2, 0) is 9.59 Å². The van der Waals surface area contributed by atoms with E-state index in [4.69, 9.17) is 0 Å². The van der Waals surface area contributed by atoms with Gasteiger partial charge in [-0.2, -0.15) is 0 Å². The molecule has 140 valence electrons. The molecule has 0 bridgehead atoms. The van der Waals surface area contributed by atoms with Gasteiger partial charge >= 0.3 is 0 Å². The molecular weight excluding hydrogens is 330 g/mol. The zero-order valence-electron chi connectivity index (χ0n) is 15.6. The number of nitrogens with zero attached hydrogens (tertiary/aromatic N) is 5. The van der Waals surface area contributed by atoms with Crippen LogP contribution in [0.5, 0.6) is 0 Å². The minimum absolute atomic E-state index is 0.0185. The smallest absolute Gasteiger partial charge is 0.245 e. The normalized spacial score (nSPS) is 30.5. The molecule has 0 N–H and O–H groups in total. The molecule has 1 atom stereocenters. The van der Waals surface area contributed by atoms with Crippen molar-refractivity contribution >= 4 is 17.6 Å². The molecule has 1 aliphatic carbocycles. The maximum Gasteiger partial charge on any atom is 0.245 e. The fourth-order valence-electron chi connectivity index (χ4n) is 4.96. The number of likely N-dealkylation sites (tertiary alicyclic amines) is 2. The molecule has 7 nitrogen and oxygen atoms in total. The highest BCUT2D eigenvalue weighted by molar-refractivity contribution is 5.87. The van der Waals surface area contributed by atoms with Crippen LogP contribution in [0.1, 0.15) is 39.0 Å². The van der Waals surface area contributed by atoms with Gasteiger partial charge in [0.15, 0.2) is 0 Å². The summed E-state index contributed by atoms with van der Waals surface area (Å²) in [7, 11) is 2.08. The van der Waals surface area contributed by atoms with Gasteiger partial charge in [0.05, 0.1) is 0 Å². The van der Waals surface area contributed by atoms with E-state index in [0.29, 0.717) is 6.04 Å². The minimum Gasteiger partial charge on any atom is -0.357 e. The first kappa shape index (κ1) is 17.2. The number of hydrogen-bond donors (Lipinski definition) is 0. The Morgan fingerprint density at radius 2 is 2.12 bits per heavy atom. The van der Waals surface area contributed by atoms with Crippen LogP contribution in [0.15, 0.2) is 18.6 Å². The molecule has 2 amide bonds. The summed E-state index contributed by atoms with van der Waals surface area (Å²) >= 11 is 0. The van der Waals surface area contributed by atoms with Crippen molar-refractivity contribution in [3.63, 3.8) is 0 Å². The summed E-state index contributed by atoms with van der Waals surface area (Å²) in [6.45, 7) is 3.94. The number of rotatable bonds is 3. The predicted octanol–water partition coefficient (Wildman–Crippen LogP) is 1.30. The van der Waals surface area contributed by atoms with E-state index in [9.17, 15) is 9.59 Å². The van der Waals surface area contributed by atoms with Gasteiger partial charge in [0.1, 0.15) is 18.2 Å². The Kier molecular flexibility index (Phi) is 4.32. The van der Waals surface area contributed by atoms with Gasteiger partial charge in [0.25, 0.3) is 0 Å². The number of aromatic nitrogens is 2. The number of carbonyl (C=O) groups excluding carboxylic acids is 2. The minimum atomic E-state index is -0.234. The Labute approximate surface area is 154 Å². The number of hydrogen-bond acceptors (Lipinski definition) is 5. The van der Waals surface area contributed by atoms with Gasteiger partial charge in [0, 0.05) is 45.8 Å². The predicted molar refractivity (Wildman–Crippen MR) is 97.5 cm³/mol. The first-order valence-corrected chi connectivity index (χ1v) is 9.54. The van der Waals surface area contributed by atoms with Crippen LogP contribution in [0, 0.1) is 5.41 Å². The molecule has 3 fully saturated rings. The molecule has 1 saturated carbocycles. The highest BCUT2D eigenvalue weighted by atomic mass is 16.2. The van der Waals surface area contributed by atoms with Crippen LogP contribution in [-0.4, -0.2) is 70.3 Å². The van der Waals surface area contributed by atoms with Crippen LogP contribution in [0.25, 0.3) is 0 Å². The van der Waals surface area contributed by atoms with Gasteiger partial charge in [-0.3, -0.25) is 9.59 Å². The molecule has 7 heteroatoms. The molecule has 0 unspecified atom stereocenters. The number of carbonyl (C=O) groups is 2. The second kappa shape index (κ2) is 6.52. The van der Waals surface area contributed by atoms with Crippen molar-refractivity contribution in [1.29, 1.82) is 0 Å². The zero-order valence-corrected chi connectivity index (χ0v) is 15.6. The summed E-state index contributed by atoms with van der Waals surface area (Å²) < 4.78 is 0. The molecule has 2 saturated heterocycles. The van der Waals surface area contributed by atoms with E-state index in [1.165, 1.54) is 0 Å². The largest absolute Gasteiger partial charge is 0.357 e. The Morgan fingerprint density at radius 1 is 1.31 bits per heavy atom. The Morgan fingerprint density at radius 3 is 2.81 bits per heavy atom. The van der Waals surface area contributed by atoms with Gasteiger partial charge in [-0.15, -0.1) is 0 Å². The highest BCUT2D eigenvalue weighted by Gasteiger charge is 2.51. The van der Waals surface area contributed by atoms with Crippen molar-refractivity contribution < 1.29 is 9.59 Å². The van der Waals surface area contributed by atoms with Crippen molar-refractivity contribution in [3.8, 4) is 0 Å². The van der Waals surface area contributed by atoms with Gasteiger partial charge in [-0.1, -0.05) is 0 Å². The topological polar surface area (TPSA) is 69.6 Å². The SMILES string of the molecule is CC(=O)N1CCC[C@@H]1C(=O)N1CCC2(CC(N(C)c3ccncn3)C2)C1. The third kappa shape index (κ3) is 2.93. The third-order valence-corrected chi connectivity index (χ3v) is 6.51. The highest BCUT2D eigenvalue weighted by Crippen LogP contribution is 2.50. The van der Waals surface area contributed by atoms with Crippen molar-refractivity contribution in [3.05, 3.63) is 18.6 Å². The summed E-state index contributed by atoms with van der Waals surface area (Å²) in [5.41, 5.74) is 0.251. The lowest BCUT2D eigenvalue weighted by molar-refractivity contribution is -0.142. The van der Waals surface area contributed by atoms with Crippen molar-refractivity contribution in [2.24, 2.45) is 5.41 Å². The summed E-state index contributed by atoms with van der Waals surface area (Å²) in [5, 5.41) is 0. The maximum atomic E-state index is 12.9. The monoisotopic (exact) mass is 357 g/mol. The van der Waals surface area contributed by atoms with Crippen LogP contribution in [0.2, 0.25) is 0 Å². The van der Waals surface area contributed by atoms with Gasteiger partial charge in [-0.05, 0) is 43.6 Å². The second-order valence-electron chi connectivity index (χ2n) is 8.12. The Balaban J connectivity index is 1.35. The van der Waals surface area contributed by atoms with Gasteiger partial charge in [0.2, 0.25) is 11.8 Å². The zero-order chi connectivity index (χ0) is 18.3. The molecule has 2 aliphatic heterocycles. The molecule has 0 radical (unpaired) electrons. The van der Waals surface area contributed by atoms with E-state index in [0.717, 1.165) is 57.6 Å². The summed E-state index contributed by atoms with van der Waals surface area (Å²) in [6, 6.07) is 2.17. The summed E-state index contributed by atoms with van der Waals surface area (Å²) in [4.78, 5) is 39.0. The van der Waals surface area contributed by atoms with E-state index >= 15 is 0 Å². The molecule has 1 aromatic rings. The molecule has 1 aromatic heterocycles.